The Morgan fingerprint density at radius 1 is 0.935 bits per heavy atom. The predicted molar refractivity (Wildman–Crippen MR) is 117 cm³/mol. The van der Waals surface area contributed by atoms with E-state index in [0.717, 1.165) is 58.1 Å². The Labute approximate surface area is 179 Å². The molecule has 1 N–H and O–H groups in total. The summed E-state index contributed by atoms with van der Waals surface area (Å²) < 4.78 is 1.85. The van der Waals surface area contributed by atoms with Gasteiger partial charge in [-0.3, -0.25) is 0 Å². The van der Waals surface area contributed by atoms with Crippen molar-refractivity contribution in [2.75, 3.05) is 0 Å². The van der Waals surface area contributed by atoms with Gasteiger partial charge in [-0.1, -0.05) is 55.5 Å². The third-order valence-electron chi connectivity index (χ3n) is 5.44. The number of aromatic nitrogens is 8. The molecule has 0 saturated carbocycles. The third kappa shape index (κ3) is 3.46. The summed E-state index contributed by atoms with van der Waals surface area (Å²) in [5.74, 6) is 2.28. The van der Waals surface area contributed by atoms with Crippen LogP contribution in [0, 0.1) is 13.8 Å². The van der Waals surface area contributed by atoms with Crippen molar-refractivity contribution in [3.05, 3.63) is 77.0 Å². The highest BCUT2D eigenvalue weighted by Crippen LogP contribution is 2.30. The second-order valence-corrected chi connectivity index (χ2v) is 7.50. The summed E-state index contributed by atoms with van der Waals surface area (Å²) in [5, 5.41) is 18.8. The Hall–Kier alpha value is -3.94. The number of benzene rings is 2. The van der Waals surface area contributed by atoms with Gasteiger partial charge in [-0.05, 0) is 47.4 Å². The van der Waals surface area contributed by atoms with Crippen molar-refractivity contribution in [2.24, 2.45) is 0 Å². The maximum Gasteiger partial charge on any atom is 0.180 e. The number of hydrogen-bond acceptors (Lipinski definition) is 6. The predicted octanol–water partition coefficient (Wildman–Crippen LogP) is 3.74. The molecule has 5 rings (SSSR count). The number of fused-ring (bicyclic) bond motifs is 1. The molecule has 0 aliphatic carbocycles. The minimum atomic E-state index is 0.655. The van der Waals surface area contributed by atoms with E-state index in [-0.39, 0.29) is 0 Å². The number of tetrazole rings is 1. The molecule has 2 aromatic carbocycles. The summed E-state index contributed by atoms with van der Waals surface area (Å²) >= 11 is 0. The lowest BCUT2D eigenvalue weighted by Crippen LogP contribution is -2.07. The van der Waals surface area contributed by atoms with Crippen LogP contribution in [-0.4, -0.2) is 40.2 Å². The second kappa shape index (κ2) is 7.71. The molecule has 0 unspecified atom stereocenters. The van der Waals surface area contributed by atoms with Crippen LogP contribution in [0.15, 0.2) is 48.5 Å². The zero-order valence-electron chi connectivity index (χ0n) is 17.7. The minimum Gasteiger partial charge on any atom is -0.239 e. The van der Waals surface area contributed by atoms with Crippen molar-refractivity contribution in [1.82, 2.24) is 40.2 Å². The van der Waals surface area contributed by atoms with Gasteiger partial charge in [0.25, 0.3) is 0 Å². The van der Waals surface area contributed by atoms with E-state index >= 15 is 0 Å². The molecule has 31 heavy (non-hydrogen) atoms. The molecule has 0 atom stereocenters. The molecule has 0 spiro atoms. The first-order valence-corrected chi connectivity index (χ1v) is 10.3. The topological polar surface area (TPSA) is 97.5 Å². The van der Waals surface area contributed by atoms with Crippen molar-refractivity contribution in [3.63, 3.8) is 0 Å². The first-order valence-electron chi connectivity index (χ1n) is 10.3. The van der Waals surface area contributed by atoms with E-state index in [1.54, 1.807) is 0 Å². The highest BCUT2D eigenvalue weighted by molar-refractivity contribution is 5.80. The minimum absolute atomic E-state index is 0.655. The highest BCUT2D eigenvalue weighted by Gasteiger charge is 2.15. The Morgan fingerprint density at radius 2 is 1.71 bits per heavy atom. The van der Waals surface area contributed by atoms with Gasteiger partial charge in [0.1, 0.15) is 11.6 Å². The molecule has 8 heteroatoms. The maximum absolute atomic E-state index is 4.77. The van der Waals surface area contributed by atoms with E-state index in [9.17, 15) is 0 Å². The first-order chi connectivity index (χ1) is 15.1. The number of nitrogens with one attached hydrogen (secondary N) is 1. The van der Waals surface area contributed by atoms with Crippen molar-refractivity contribution in [2.45, 2.75) is 33.6 Å². The Kier molecular flexibility index (Phi) is 4.74. The molecule has 3 heterocycles. The number of hydrogen-bond donors (Lipinski definition) is 1. The molecule has 154 valence electrons. The van der Waals surface area contributed by atoms with E-state index in [1.165, 1.54) is 5.56 Å². The van der Waals surface area contributed by atoms with Gasteiger partial charge in [0.05, 0.1) is 0 Å². The van der Waals surface area contributed by atoms with Crippen LogP contribution in [0.3, 0.4) is 0 Å². The summed E-state index contributed by atoms with van der Waals surface area (Å²) in [6.45, 7) is 6.02. The number of H-pyrrole nitrogens is 1. The van der Waals surface area contributed by atoms with Crippen LogP contribution < -0.4 is 0 Å². The molecular formula is C23H22N8. The van der Waals surface area contributed by atoms with Gasteiger partial charge >= 0.3 is 0 Å². The molecule has 0 radical (unpaired) electrons. The molecule has 0 bridgehead atoms. The van der Waals surface area contributed by atoms with Crippen LogP contribution in [-0.2, 0) is 12.8 Å². The number of aryl methyl sites for hydroxylation is 3. The fraction of sp³-hybridized carbons (Fsp3) is 0.217. The van der Waals surface area contributed by atoms with Gasteiger partial charge in [-0.2, -0.15) is 4.52 Å². The molecular weight excluding hydrogens is 388 g/mol. The Bertz CT molecular complexity index is 1350. The van der Waals surface area contributed by atoms with Gasteiger partial charge in [0, 0.05) is 23.2 Å². The number of rotatable bonds is 5. The first kappa shape index (κ1) is 19.0. The number of nitrogens with zero attached hydrogens (tertiary/aromatic N) is 7. The summed E-state index contributed by atoms with van der Waals surface area (Å²) in [6, 6.07) is 16.7. The standard InChI is InChI=1S/C23H22N8/c1-4-21-20(23-24-14(2)28-31(23)15(3)25-21)13-16-9-11-17(12-10-16)18-7-5-6-8-19(18)22-26-29-30-27-22/h5-12H,4,13H2,1-3H3,(H,26,27,29,30). The molecule has 8 nitrogen and oxygen atoms in total. The van der Waals surface area contributed by atoms with Gasteiger partial charge < -0.3 is 0 Å². The van der Waals surface area contributed by atoms with Crippen LogP contribution in [0.25, 0.3) is 28.2 Å². The zero-order chi connectivity index (χ0) is 21.4. The molecule has 0 aliphatic heterocycles. The van der Waals surface area contributed by atoms with Crippen molar-refractivity contribution < 1.29 is 0 Å². The van der Waals surface area contributed by atoms with E-state index in [0.29, 0.717) is 5.82 Å². The van der Waals surface area contributed by atoms with Crippen LogP contribution in [0.4, 0.5) is 0 Å². The Balaban J connectivity index is 1.51. The van der Waals surface area contributed by atoms with Gasteiger partial charge in [0.2, 0.25) is 0 Å². The molecule has 3 aromatic heterocycles. The lowest BCUT2D eigenvalue weighted by Gasteiger charge is -2.12. The van der Waals surface area contributed by atoms with Gasteiger partial charge in [-0.15, -0.1) is 10.2 Å². The van der Waals surface area contributed by atoms with E-state index < -0.39 is 0 Å². The fourth-order valence-corrected chi connectivity index (χ4v) is 3.97. The second-order valence-electron chi connectivity index (χ2n) is 7.50. The van der Waals surface area contributed by atoms with Crippen LogP contribution in [0.5, 0.6) is 0 Å². The van der Waals surface area contributed by atoms with Crippen molar-refractivity contribution in [3.8, 4) is 22.5 Å². The largest absolute Gasteiger partial charge is 0.239 e. The van der Waals surface area contributed by atoms with Crippen molar-refractivity contribution >= 4 is 5.65 Å². The van der Waals surface area contributed by atoms with Gasteiger partial charge in [-0.25, -0.2) is 15.1 Å². The van der Waals surface area contributed by atoms with Gasteiger partial charge in [0.15, 0.2) is 11.5 Å². The summed E-state index contributed by atoms with van der Waals surface area (Å²) in [4.78, 5) is 9.45. The molecule has 0 aliphatic rings. The van der Waals surface area contributed by atoms with E-state index in [4.69, 9.17) is 4.98 Å². The molecule has 0 amide bonds. The average Bonchev–Trinajstić information content (AvgIpc) is 3.46. The molecule has 0 saturated heterocycles. The monoisotopic (exact) mass is 410 g/mol. The summed E-state index contributed by atoms with van der Waals surface area (Å²) in [6.07, 6.45) is 1.61. The quantitative estimate of drug-likeness (QED) is 0.474. The van der Waals surface area contributed by atoms with Crippen LogP contribution >= 0.6 is 0 Å². The third-order valence-corrected chi connectivity index (χ3v) is 5.44. The average molecular weight is 410 g/mol. The summed E-state index contributed by atoms with van der Waals surface area (Å²) in [7, 11) is 0. The summed E-state index contributed by atoms with van der Waals surface area (Å²) in [5.41, 5.74) is 7.46. The fourth-order valence-electron chi connectivity index (χ4n) is 3.97. The highest BCUT2D eigenvalue weighted by atomic mass is 15.5. The normalized spacial score (nSPS) is 11.3. The smallest absolute Gasteiger partial charge is 0.180 e. The van der Waals surface area contributed by atoms with E-state index in [1.807, 2.05) is 36.6 Å². The zero-order valence-corrected chi connectivity index (χ0v) is 17.7. The lowest BCUT2D eigenvalue weighted by molar-refractivity contribution is 0.812. The van der Waals surface area contributed by atoms with Crippen LogP contribution in [0.2, 0.25) is 0 Å². The van der Waals surface area contributed by atoms with Crippen molar-refractivity contribution in [1.29, 1.82) is 0 Å². The maximum atomic E-state index is 4.77. The van der Waals surface area contributed by atoms with E-state index in [2.05, 4.69) is 68.0 Å². The lowest BCUT2D eigenvalue weighted by atomic mass is 9.96. The molecule has 0 fully saturated rings. The molecule has 5 aromatic rings. The van der Waals surface area contributed by atoms with Crippen LogP contribution in [0.1, 0.15) is 35.4 Å². The number of aromatic amines is 1. The Morgan fingerprint density at radius 3 is 2.42 bits per heavy atom. The SMILES string of the molecule is CCc1nc(C)n2nc(C)nc2c1Cc1ccc(-c2ccccc2-c2nnn[nH]2)cc1.